The molecule has 1 rings (SSSR count). The summed E-state index contributed by atoms with van der Waals surface area (Å²) in [6, 6.07) is 3.32. The number of carbonyl (C=O) groups is 1. The molecule has 4 nitrogen and oxygen atoms in total. The lowest BCUT2D eigenvalue weighted by molar-refractivity contribution is 0.0922. The Bertz CT molecular complexity index is 383. The third kappa shape index (κ3) is 4.71. The number of amides is 1. The van der Waals surface area contributed by atoms with Crippen LogP contribution < -0.4 is 5.32 Å². The van der Waals surface area contributed by atoms with Gasteiger partial charge in [0.05, 0.1) is 6.61 Å². The molecule has 0 aliphatic heterocycles. The van der Waals surface area contributed by atoms with E-state index in [2.05, 4.69) is 10.3 Å². The average Bonchev–Trinajstić information content (AvgIpc) is 2.33. The van der Waals surface area contributed by atoms with Gasteiger partial charge in [0.25, 0.3) is 5.91 Å². The molecule has 0 aromatic carbocycles. The number of rotatable bonds is 6. The number of hydrogen-bond acceptors (Lipinski definition) is 3. The van der Waals surface area contributed by atoms with Crippen LogP contribution >= 0.6 is 11.6 Å². The van der Waals surface area contributed by atoms with Gasteiger partial charge in [-0.1, -0.05) is 18.5 Å². The molecule has 5 heteroatoms. The van der Waals surface area contributed by atoms with Crippen LogP contribution in [-0.4, -0.2) is 30.6 Å². The molecule has 1 heterocycles. The van der Waals surface area contributed by atoms with Crippen molar-refractivity contribution < 1.29 is 9.53 Å². The predicted octanol–water partition coefficient (Wildman–Crippen LogP) is 2.06. The number of pyridine rings is 1. The zero-order valence-electron chi connectivity index (χ0n) is 10.1. The first-order valence-corrected chi connectivity index (χ1v) is 6.07. The summed E-state index contributed by atoms with van der Waals surface area (Å²) in [4.78, 5) is 15.9. The molecule has 0 atom stereocenters. The Morgan fingerprint density at radius 2 is 2.24 bits per heavy atom. The van der Waals surface area contributed by atoms with E-state index in [1.165, 1.54) is 0 Å². The molecule has 1 amide bonds. The Hall–Kier alpha value is -1.13. The van der Waals surface area contributed by atoms with Crippen LogP contribution in [0.25, 0.3) is 0 Å². The van der Waals surface area contributed by atoms with E-state index in [-0.39, 0.29) is 5.91 Å². The predicted molar refractivity (Wildman–Crippen MR) is 67.5 cm³/mol. The fourth-order valence-corrected chi connectivity index (χ4v) is 1.57. The van der Waals surface area contributed by atoms with E-state index in [1.807, 2.05) is 13.8 Å². The quantitative estimate of drug-likeness (QED) is 0.626. The Balaban J connectivity index is 2.59. The van der Waals surface area contributed by atoms with Crippen LogP contribution in [0.5, 0.6) is 0 Å². The molecule has 94 valence electrons. The normalized spacial score (nSPS) is 10.3. The van der Waals surface area contributed by atoms with Crippen molar-refractivity contribution >= 4 is 17.5 Å². The average molecular weight is 257 g/mol. The van der Waals surface area contributed by atoms with Crippen molar-refractivity contribution in [1.29, 1.82) is 0 Å². The number of halogens is 1. The first-order valence-electron chi connectivity index (χ1n) is 5.69. The first-order chi connectivity index (χ1) is 8.17. The Kier molecular flexibility index (Phi) is 5.94. The van der Waals surface area contributed by atoms with Crippen molar-refractivity contribution in [2.75, 3.05) is 19.8 Å². The highest BCUT2D eigenvalue weighted by Gasteiger charge is 2.08. The van der Waals surface area contributed by atoms with Crippen molar-refractivity contribution in [2.45, 2.75) is 20.3 Å². The molecule has 1 aromatic rings. The molecule has 0 aliphatic carbocycles. The van der Waals surface area contributed by atoms with Crippen LogP contribution in [0.1, 0.15) is 29.9 Å². The van der Waals surface area contributed by atoms with Crippen LogP contribution in [0.3, 0.4) is 0 Å². The van der Waals surface area contributed by atoms with E-state index >= 15 is 0 Å². The van der Waals surface area contributed by atoms with Gasteiger partial charge in [-0.2, -0.15) is 0 Å². The maximum atomic E-state index is 11.8. The lowest BCUT2D eigenvalue weighted by atomic mass is 10.2. The van der Waals surface area contributed by atoms with Crippen molar-refractivity contribution in [3.63, 3.8) is 0 Å². The van der Waals surface area contributed by atoms with Gasteiger partial charge in [-0.25, -0.2) is 4.98 Å². The molecule has 0 fully saturated rings. The molecule has 1 aromatic heterocycles. The van der Waals surface area contributed by atoms with Gasteiger partial charge in [-0.05, 0) is 25.5 Å². The fraction of sp³-hybridized carbons (Fsp3) is 0.500. The highest BCUT2D eigenvalue weighted by atomic mass is 35.5. The zero-order valence-corrected chi connectivity index (χ0v) is 10.9. The van der Waals surface area contributed by atoms with E-state index in [4.69, 9.17) is 16.3 Å². The molecule has 0 bridgehead atoms. The van der Waals surface area contributed by atoms with Gasteiger partial charge in [-0.15, -0.1) is 0 Å². The van der Waals surface area contributed by atoms with E-state index in [0.29, 0.717) is 30.5 Å². The van der Waals surface area contributed by atoms with Gasteiger partial charge in [0.2, 0.25) is 0 Å². The van der Waals surface area contributed by atoms with E-state index in [1.54, 1.807) is 12.1 Å². The lowest BCUT2D eigenvalue weighted by Gasteiger charge is -2.06. The molecule has 17 heavy (non-hydrogen) atoms. The maximum Gasteiger partial charge on any atom is 0.251 e. The fourth-order valence-electron chi connectivity index (χ4n) is 1.35. The molecule has 0 saturated carbocycles. The SMILES string of the molecule is CCOCCNC(=O)c1cc(Cl)nc(CC)c1. The highest BCUT2D eigenvalue weighted by molar-refractivity contribution is 6.29. The number of hydrogen-bond donors (Lipinski definition) is 1. The van der Waals surface area contributed by atoms with Crippen molar-refractivity contribution in [3.05, 3.63) is 28.5 Å². The standard InChI is InChI=1S/C12H17ClN2O2/c1-3-10-7-9(8-11(13)15-10)12(16)14-5-6-17-4-2/h7-8H,3-6H2,1-2H3,(H,14,16). The van der Waals surface area contributed by atoms with Crippen molar-refractivity contribution in [1.82, 2.24) is 10.3 Å². The van der Waals surface area contributed by atoms with Crippen LogP contribution in [0.4, 0.5) is 0 Å². The smallest absolute Gasteiger partial charge is 0.251 e. The van der Waals surface area contributed by atoms with Crippen molar-refractivity contribution in [2.24, 2.45) is 0 Å². The minimum Gasteiger partial charge on any atom is -0.380 e. The third-order valence-electron chi connectivity index (χ3n) is 2.21. The highest BCUT2D eigenvalue weighted by Crippen LogP contribution is 2.11. The second kappa shape index (κ2) is 7.25. The van der Waals surface area contributed by atoms with Gasteiger partial charge in [0.15, 0.2) is 0 Å². The molecular weight excluding hydrogens is 240 g/mol. The Labute approximate surface area is 106 Å². The van der Waals surface area contributed by atoms with Gasteiger partial charge in [0.1, 0.15) is 5.15 Å². The maximum absolute atomic E-state index is 11.8. The van der Waals surface area contributed by atoms with Crippen molar-refractivity contribution in [3.8, 4) is 0 Å². The number of carbonyl (C=O) groups excluding carboxylic acids is 1. The summed E-state index contributed by atoms with van der Waals surface area (Å²) in [5, 5.41) is 3.11. The number of aromatic nitrogens is 1. The number of aryl methyl sites for hydroxylation is 1. The van der Waals surface area contributed by atoms with Crippen LogP contribution in [-0.2, 0) is 11.2 Å². The van der Waals surface area contributed by atoms with Gasteiger partial charge < -0.3 is 10.1 Å². The largest absolute Gasteiger partial charge is 0.380 e. The lowest BCUT2D eigenvalue weighted by Crippen LogP contribution is -2.27. The third-order valence-corrected chi connectivity index (χ3v) is 2.40. The molecule has 0 aliphatic rings. The molecular formula is C12H17ClN2O2. The summed E-state index contributed by atoms with van der Waals surface area (Å²) in [7, 11) is 0. The Morgan fingerprint density at radius 1 is 1.47 bits per heavy atom. The summed E-state index contributed by atoms with van der Waals surface area (Å²) >= 11 is 5.84. The molecule has 1 N–H and O–H groups in total. The number of nitrogens with zero attached hydrogens (tertiary/aromatic N) is 1. The van der Waals surface area contributed by atoms with Crippen LogP contribution in [0, 0.1) is 0 Å². The molecule has 0 spiro atoms. The van der Waals surface area contributed by atoms with Gasteiger partial charge in [-0.3, -0.25) is 4.79 Å². The summed E-state index contributed by atoms with van der Waals surface area (Å²) < 4.78 is 5.14. The van der Waals surface area contributed by atoms with Crippen LogP contribution in [0.2, 0.25) is 5.15 Å². The minimum atomic E-state index is -0.149. The monoisotopic (exact) mass is 256 g/mol. The topological polar surface area (TPSA) is 51.2 Å². The van der Waals surface area contributed by atoms with E-state index < -0.39 is 0 Å². The number of ether oxygens (including phenoxy) is 1. The number of nitrogens with one attached hydrogen (secondary N) is 1. The Morgan fingerprint density at radius 3 is 2.88 bits per heavy atom. The summed E-state index contributed by atoms with van der Waals surface area (Å²) in [6.45, 7) is 5.54. The van der Waals surface area contributed by atoms with E-state index in [0.717, 1.165) is 12.1 Å². The van der Waals surface area contributed by atoms with E-state index in [9.17, 15) is 4.79 Å². The summed E-state index contributed by atoms with van der Waals surface area (Å²) in [5.74, 6) is -0.149. The van der Waals surface area contributed by atoms with Gasteiger partial charge in [0, 0.05) is 24.4 Å². The first kappa shape index (κ1) is 13.9. The summed E-state index contributed by atoms with van der Waals surface area (Å²) in [6.07, 6.45) is 0.750. The summed E-state index contributed by atoms with van der Waals surface area (Å²) in [5.41, 5.74) is 1.35. The van der Waals surface area contributed by atoms with Gasteiger partial charge >= 0.3 is 0 Å². The molecule has 0 unspecified atom stereocenters. The molecule has 0 saturated heterocycles. The molecule has 0 radical (unpaired) electrons. The second-order valence-corrected chi connectivity index (χ2v) is 3.86. The van der Waals surface area contributed by atoms with Crippen LogP contribution in [0.15, 0.2) is 12.1 Å². The zero-order chi connectivity index (χ0) is 12.7. The minimum absolute atomic E-state index is 0.149. The second-order valence-electron chi connectivity index (χ2n) is 3.48.